The molecule has 4 nitrogen and oxygen atoms in total. The lowest BCUT2D eigenvalue weighted by molar-refractivity contribution is -0.124. The summed E-state index contributed by atoms with van der Waals surface area (Å²) < 4.78 is 5.75. The van der Waals surface area contributed by atoms with Crippen molar-refractivity contribution in [3.63, 3.8) is 0 Å². The molecule has 5 heteroatoms. The maximum Gasteiger partial charge on any atom is 0.234 e. The van der Waals surface area contributed by atoms with Gasteiger partial charge >= 0.3 is 0 Å². The second-order valence-corrected chi connectivity index (χ2v) is 4.92. The predicted octanol–water partition coefficient (Wildman–Crippen LogP) is 1.71. The van der Waals surface area contributed by atoms with Crippen LogP contribution in [0, 0.1) is 0 Å². The second-order valence-electron chi connectivity index (χ2n) is 4.48. The number of hydrogen-bond acceptors (Lipinski definition) is 3. The third-order valence-corrected chi connectivity index (χ3v) is 3.07. The highest BCUT2D eigenvalue weighted by Gasteiger charge is 2.29. The van der Waals surface area contributed by atoms with Crippen LogP contribution >= 0.6 is 11.6 Å². The van der Waals surface area contributed by atoms with Gasteiger partial charge in [-0.3, -0.25) is 9.69 Å². The average molecular weight is 281 g/mol. The first kappa shape index (κ1) is 13.9. The quantitative estimate of drug-likeness (QED) is 0.807. The van der Waals surface area contributed by atoms with Gasteiger partial charge in [-0.05, 0) is 18.2 Å². The molecular weight excluding hydrogens is 264 g/mol. The molecule has 0 bridgehead atoms. The first-order chi connectivity index (χ1) is 9.17. The smallest absolute Gasteiger partial charge is 0.234 e. The first-order valence-electron chi connectivity index (χ1n) is 6.19. The molecule has 1 heterocycles. The fourth-order valence-corrected chi connectivity index (χ4v) is 2.08. The minimum atomic E-state index is 0.0149. The van der Waals surface area contributed by atoms with Crippen molar-refractivity contribution in [1.82, 2.24) is 10.2 Å². The summed E-state index contributed by atoms with van der Waals surface area (Å²) in [7, 11) is 0. The summed E-state index contributed by atoms with van der Waals surface area (Å²) in [6.45, 7) is 5.98. The van der Waals surface area contributed by atoms with Crippen molar-refractivity contribution in [3.05, 3.63) is 41.9 Å². The first-order valence-corrected chi connectivity index (χ1v) is 6.57. The number of rotatable bonds is 6. The standard InChI is InChI=1S/C14H17ClN2O2/c1-2-6-16-14(18)10-17-8-13(9-17)19-12-5-3-4-11(15)7-12/h2-5,7,13H,1,6,8-10H2,(H,16,18). The number of amides is 1. The molecule has 0 saturated carbocycles. The zero-order valence-corrected chi connectivity index (χ0v) is 11.4. The lowest BCUT2D eigenvalue weighted by atomic mass is 10.1. The van der Waals surface area contributed by atoms with Crippen molar-refractivity contribution < 1.29 is 9.53 Å². The molecule has 0 radical (unpaired) electrons. The zero-order valence-electron chi connectivity index (χ0n) is 10.6. The Morgan fingerprint density at radius 1 is 1.58 bits per heavy atom. The van der Waals surface area contributed by atoms with Gasteiger partial charge in [0.05, 0.1) is 6.54 Å². The van der Waals surface area contributed by atoms with Crippen molar-refractivity contribution in [3.8, 4) is 5.75 Å². The third kappa shape index (κ3) is 4.26. The minimum absolute atomic E-state index is 0.0149. The summed E-state index contributed by atoms with van der Waals surface area (Å²) in [6, 6.07) is 7.34. The highest BCUT2D eigenvalue weighted by Crippen LogP contribution is 2.21. The van der Waals surface area contributed by atoms with Gasteiger partial charge < -0.3 is 10.1 Å². The topological polar surface area (TPSA) is 41.6 Å². The van der Waals surface area contributed by atoms with Crippen molar-refractivity contribution >= 4 is 17.5 Å². The monoisotopic (exact) mass is 280 g/mol. The van der Waals surface area contributed by atoms with E-state index in [1.807, 2.05) is 23.1 Å². The lowest BCUT2D eigenvalue weighted by Crippen LogP contribution is -2.56. The fraction of sp³-hybridized carbons (Fsp3) is 0.357. The molecule has 102 valence electrons. The van der Waals surface area contributed by atoms with Gasteiger partial charge in [0.2, 0.25) is 5.91 Å². The number of benzene rings is 1. The molecule has 0 spiro atoms. The van der Waals surface area contributed by atoms with Gasteiger partial charge in [0.1, 0.15) is 11.9 Å². The average Bonchev–Trinajstić information content (AvgIpc) is 2.34. The van der Waals surface area contributed by atoms with Crippen LogP contribution in [0.4, 0.5) is 0 Å². The van der Waals surface area contributed by atoms with E-state index in [1.54, 1.807) is 12.1 Å². The van der Waals surface area contributed by atoms with Crippen LogP contribution in [0.25, 0.3) is 0 Å². The summed E-state index contributed by atoms with van der Waals surface area (Å²) in [6.07, 6.45) is 1.80. The largest absolute Gasteiger partial charge is 0.488 e. The minimum Gasteiger partial charge on any atom is -0.488 e. The summed E-state index contributed by atoms with van der Waals surface area (Å²) in [5.74, 6) is 0.786. The highest BCUT2D eigenvalue weighted by atomic mass is 35.5. The molecule has 1 fully saturated rings. The highest BCUT2D eigenvalue weighted by molar-refractivity contribution is 6.30. The number of halogens is 1. The maximum atomic E-state index is 11.5. The summed E-state index contributed by atoms with van der Waals surface area (Å²) in [4.78, 5) is 13.5. The van der Waals surface area contributed by atoms with E-state index in [2.05, 4.69) is 11.9 Å². The van der Waals surface area contributed by atoms with E-state index < -0.39 is 0 Å². The molecule has 1 aromatic carbocycles. The molecule has 0 aromatic heterocycles. The van der Waals surface area contributed by atoms with Crippen LogP contribution in [0.15, 0.2) is 36.9 Å². The van der Waals surface area contributed by atoms with Crippen LogP contribution in [0.5, 0.6) is 5.75 Å². The Morgan fingerprint density at radius 3 is 3.05 bits per heavy atom. The Hall–Kier alpha value is -1.52. The fourth-order valence-electron chi connectivity index (χ4n) is 1.90. The number of carbonyl (C=O) groups excluding carboxylic acids is 1. The second kappa shape index (κ2) is 6.59. The van der Waals surface area contributed by atoms with Crippen LogP contribution in [0.1, 0.15) is 0 Å². The van der Waals surface area contributed by atoms with Crippen molar-refractivity contribution in [2.24, 2.45) is 0 Å². The van der Waals surface area contributed by atoms with Gasteiger partial charge in [0.25, 0.3) is 0 Å². The molecule has 0 aliphatic carbocycles. The third-order valence-electron chi connectivity index (χ3n) is 2.83. The van der Waals surface area contributed by atoms with Crippen molar-refractivity contribution in [1.29, 1.82) is 0 Å². The number of nitrogens with one attached hydrogen (secondary N) is 1. The molecule has 1 amide bonds. The van der Waals surface area contributed by atoms with E-state index >= 15 is 0 Å². The van der Waals surface area contributed by atoms with E-state index in [1.165, 1.54) is 0 Å². The molecule has 0 unspecified atom stereocenters. The van der Waals surface area contributed by atoms with Crippen LogP contribution in [0.2, 0.25) is 5.02 Å². The number of carbonyl (C=O) groups is 1. The Morgan fingerprint density at radius 2 is 2.37 bits per heavy atom. The molecule has 1 N–H and O–H groups in total. The number of ether oxygens (including phenoxy) is 1. The molecule has 1 aromatic rings. The van der Waals surface area contributed by atoms with E-state index in [4.69, 9.17) is 16.3 Å². The molecule has 0 atom stereocenters. The maximum absolute atomic E-state index is 11.5. The molecule has 1 saturated heterocycles. The summed E-state index contributed by atoms with van der Waals surface area (Å²) in [5, 5.41) is 3.41. The zero-order chi connectivity index (χ0) is 13.7. The SMILES string of the molecule is C=CCNC(=O)CN1CC(Oc2cccc(Cl)c2)C1. The Bertz CT molecular complexity index is 459. The number of likely N-dealkylation sites (tertiary alicyclic amines) is 1. The van der Waals surface area contributed by atoms with Crippen LogP contribution in [0.3, 0.4) is 0 Å². The van der Waals surface area contributed by atoms with Gasteiger partial charge in [-0.15, -0.1) is 6.58 Å². The Balaban J connectivity index is 1.69. The van der Waals surface area contributed by atoms with Gasteiger partial charge in [-0.25, -0.2) is 0 Å². The molecule has 2 rings (SSSR count). The van der Waals surface area contributed by atoms with Gasteiger partial charge in [-0.2, -0.15) is 0 Å². The normalized spacial score (nSPS) is 15.6. The Labute approximate surface area is 118 Å². The van der Waals surface area contributed by atoms with E-state index in [0.29, 0.717) is 18.1 Å². The summed E-state index contributed by atoms with van der Waals surface area (Å²) in [5.41, 5.74) is 0. The predicted molar refractivity (Wildman–Crippen MR) is 75.5 cm³/mol. The molecule has 19 heavy (non-hydrogen) atoms. The van der Waals surface area contributed by atoms with Crippen molar-refractivity contribution in [2.45, 2.75) is 6.10 Å². The van der Waals surface area contributed by atoms with Gasteiger partial charge in [0.15, 0.2) is 0 Å². The van der Waals surface area contributed by atoms with E-state index in [9.17, 15) is 4.79 Å². The molecular formula is C14H17ClN2O2. The molecule has 1 aliphatic rings. The number of hydrogen-bond donors (Lipinski definition) is 1. The number of nitrogens with zero attached hydrogens (tertiary/aromatic N) is 1. The van der Waals surface area contributed by atoms with Gasteiger partial charge in [-0.1, -0.05) is 23.7 Å². The summed E-state index contributed by atoms with van der Waals surface area (Å²) >= 11 is 5.88. The van der Waals surface area contributed by atoms with E-state index in [0.717, 1.165) is 18.8 Å². The van der Waals surface area contributed by atoms with Crippen molar-refractivity contribution in [2.75, 3.05) is 26.2 Å². The van der Waals surface area contributed by atoms with Gasteiger partial charge in [0, 0.05) is 24.7 Å². The lowest BCUT2D eigenvalue weighted by Gasteiger charge is -2.38. The Kier molecular flexibility index (Phi) is 4.82. The van der Waals surface area contributed by atoms with Crippen LogP contribution in [-0.4, -0.2) is 43.1 Å². The van der Waals surface area contributed by atoms with Crippen LogP contribution < -0.4 is 10.1 Å². The van der Waals surface area contributed by atoms with E-state index in [-0.39, 0.29) is 12.0 Å². The molecule has 1 aliphatic heterocycles. The van der Waals surface area contributed by atoms with Crippen LogP contribution in [-0.2, 0) is 4.79 Å².